The minimum atomic E-state index is -0.893. The van der Waals surface area contributed by atoms with E-state index >= 15 is 0 Å². The zero-order chi connectivity index (χ0) is 19.1. The van der Waals surface area contributed by atoms with Crippen molar-refractivity contribution in [1.29, 1.82) is 0 Å². The van der Waals surface area contributed by atoms with Crippen molar-refractivity contribution < 1.29 is 14.7 Å². The molecule has 0 heterocycles. The van der Waals surface area contributed by atoms with Crippen LogP contribution in [0.3, 0.4) is 0 Å². The molecule has 0 aliphatic rings. The van der Waals surface area contributed by atoms with E-state index in [1.807, 2.05) is 46.9 Å². The lowest BCUT2D eigenvalue weighted by atomic mass is 10.1. The highest BCUT2D eigenvalue weighted by atomic mass is 127. The Morgan fingerprint density at radius 1 is 1.00 bits per heavy atom. The molecule has 8 heteroatoms. The number of carboxylic acids is 1. The fourth-order valence-electron chi connectivity index (χ4n) is 1.66. The summed E-state index contributed by atoms with van der Waals surface area (Å²) in [6.07, 6.45) is 0.463. The van der Waals surface area contributed by atoms with Crippen LogP contribution >= 0.6 is 77.0 Å². The molecule has 2 aromatic carbocycles. The van der Waals surface area contributed by atoms with Crippen LogP contribution in [0.15, 0.2) is 45.3 Å². The zero-order valence-electron chi connectivity index (χ0n) is 13.4. The summed E-state index contributed by atoms with van der Waals surface area (Å²) in [4.78, 5) is 23.6. The first-order valence-electron chi connectivity index (χ1n) is 6.94. The van der Waals surface area contributed by atoms with Gasteiger partial charge in [0.1, 0.15) is 0 Å². The lowest BCUT2D eigenvalue weighted by molar-refractivity contribution is -0.127. The third kappa shape index (κ3) is 7.92. The molecule has 0 radical (unpaired) electrons. The number of amides is 1. The average molecular weight is 695 g/mol. The second kappa shape index (κ2) is 10.8. The van der Waals surface area contributed by atoms with E-state index in [0.29, 0.717) is 12.0 Å². The maximum atomic E-state index is 11.5. The summed E-state index contributed by atoms with van der Waals surface area (Å²) in [5.74, 6) is -0.767. The molecule has 1 amide bonds. The maximum Gasteiger partial charge on any atom is 0.336 e. The normalized spacial score (nSPS) is 9.84. The Morgan fingerprint density at radius 2 is 1.52 bits per heavy atom. The van der Waals surface area contributed by atoms with Gasteiger partial charge in [-0.25, -0.2) is 4.79 Å². The van der Waals surface area contributed by atoms with Gasteiger partial charge in [-0.2, -0.15) is 0 Å². The van der Waals surface area contributed by atoms with Gasteiger partial charge in [-0.05, 0) is 87.1 Å². The van der Waals surface area contributed by atoms with E-state index in [-0.39, 0.29) is 5.91 Å². The highest BCUT2D eigenvalue weighted by Gasteiger charge is 2.09. The first-order chi connectivity index (χ1) is 11.6. The van der Waals surface area contributed by atoms with E-state index < -0.39 is 5.97 Å². The van der Waals surface area contributed by atoms with Crippen molar-refractivity contribution in [2.24, 2.45) is 0 Å². The van der Waals surface area contributed by atoms with Gasteiger partial charge in [0, 0.05) is 30.2 Å². The van der Waals surface area contributed by atoms with E-state index in [2.05, 4.69) is 54.5 Å². The molecule has 134 valence electrons. The van der Waals surface area contributed by atoms with Crippen LogP contribution in [0.2, 0.25) is 0 Å². The van der Waals surface area contributed by atoms with Crippen LogP contribution in [0.4, 0.5) is 0 Å². The largest absolute Gasteiger partial charge is 0.478 e. The molecule has 2 rings (SSSR count). The molecule has 0 spiro atoms. The fraction of sp³-hybridized carbons (Fsp3) is 0.176. The Morgan fingerprint density at radius 3 is 2.00 bits per heavy atom. The van der Waals surface area contributed by atoms with Crippen LogP contribution in [-0.4, -0.2) is 36.0 Å². The Balaban J connectivity index is 0.000000257. The van der Waals surface area contributed by atoms with Gasteiger partial charge >= 0.3 is 5.97 Å². The van der Waals surface area contributed by atoms with Gasteiger partial charge in [0.05, 0.1) is 12.0 Å². The summed E-state index contributed by atoms with van der Waals surface area (Å²) in [6.45, 7) is 0. The molecule has 0 bridgehead atoms. The number of benzene rings is 2. The summed E-state index contributed by atoms with van der Waals surface area (Å²) in [5, 5.41) is 8.66. The van der Waals surface area contributed by atoms with Gasteiger partial charge in [0.25, 0.3) is 0 Å². The number of carbonyl (C=O) groups is 2. The number of hydrogen-bond donors (Lipinski definition) is 1. The third-order valence-electron chi connectivity index (χ3n) is 3.01. The topological polar surface area (TPSA) is 57.6 Å². The molecule has 2 aromatic rings. The van der Waals surface area contributed by atoms with Crippen molar-refractivity contribution in [2.45, 2.75) is 6.42 Å². The lowest BCUT2D eigenvalue weighted by Gasteiger charge is -2.11. The molecule has 0 atom stereocenters. The lowest BCUT2D eigenvalue weighted by Crippen LogP contribution is -2.23. The number of carbonyl (C=O) groups excluding carboxylic acids is 1. The second-order valence-corrected chi connectivity index (χ2v) is 9.29. The maximum absolute atomic E-state index is 11.5. The number of halogens is 4. The highest BCUT2D eigenvalue weighted by Crippen LogP contribution is 2.19. The molecule has 0 aromatic heterocycles. The molecular formula is C17H15Br2I2NO3. The van der Waals surface area contributed by atoms with Crippen LogP contribution in [0.1, 0.15) is 15.9 Å². The van der Waals surface area contributed by atoms with Gasteiger partial charge in [0.15, 0.2) is 0 Å². The number of aromatic carboxylic acids is 1. The Bertz CT molecular complexity index is 782. The van der Waals surface area contributed by atoms with Crippen LogP contribution in [0, 0.1) is 7.14 Å². The Hall–Kier alpha value is -0.200. The van der Waals surface area contributed by atoms with Crippen LogP contribution in [-0.2, 0) is 11.2 Å². The van der Waals surface area contributed by atoms with Crippen molar-refractivity contribution >= 4 is 88.9 Å². The van der Waals surface area contributed by atoms with E-state index in [1.165, 1.54) is 0 Å². The van der Waals surface area contributed by atoms with Crippen LogP contribution in [0.25, 0.3) is 0 Å². The van der Waals surface area contributed by atoms with Gasteiger partial charge in [-0.1, -0.05) is 31.9 Å². The summed E-state index contributed by atoms with van der Waals surface area (Å²) >= 11 is 10.8. The Labute approximate surface area is 190 Å². The molecule has 0 fully saturated rings. The van der Waals surface area contributed by atoms with Crippen molar-refractivity contribution in [1.82, 2.24) is 4.90 Å². The number of likely N-dealkylation sites (N-methyl/N-ethyl adjacent to an activating group) is 1. The van der Waals surface area contributed by atoms with E-state index in [1.54, 1.807) is 31.1 Å². The van der Waals surface area contributed by atoms with Gasteiger partial charge in [0.2, 0.25) is 5.91 Å². The SMILES string of the molecule is CN(C)C(=O)Cc1cc(Br)ccc1I.O=C(O)c1cc(Br)ccc1I. The standard InChI is InChI=1S/C10H11BrINO.C7H4BrIO2/c1-13(2)10(14)6-7-5-8(11)3-4-9(7)12;8-4-1-2-6(9)5(3-4)7(10)11/h3-5H,6H2,1-2H3;1-3H,(H,10,11). The third-order valence-corrected chi connectivity index (χ3v) is 5.99. The van der Waals surface area contributed by atoms with Crippen molar-refractivity contribution in [3.63, 3.8) is 0 Å². The Kier molecular flexibility index (Phi) is 9.89. The predicted molar refractivity (Wildman–Crippen MR) is 123 cm³/mol. The highest BCUT2D eigenvalue weighted by molar-refractivity contribution is 14.1. The minimum absolute atomic E-state index is 0.126. The molecular weight excluding hydrogens is 680 g/mol. The van der Waals surface area contributed by atoms with Crippen molar-refractivity contribution in [3.05, 3.63) is 63.6 Å². The zero-order valence-corrected chi connectivity index (χ0v) is 20.9. The summed E-state index contributed by atoms with van der Waals surface area (Å²) in [7, 11) is 3.54. The minimum Gasteiger partial charge on any atom is -0.478 e. The second-order valence-electron chi connectivity index (χ2n) is 5.13. The average Bonchev–Trinajstić information content (AvgIpc) is 2.53. The van der Waals surface area contributed by atoms with Gasteiger partial charge in [-0.3, -0.25) is 4.79 Å². The first kappa shape index (κ1) is 22.8. The molecule has 1 N–H and O–H groups in total. The van der Waals surface area contributed by atoms with E-state index in [9.17, 15) is 9.59 Å². The summed E-state index contributed by atoms with van der Waals surface area (Å²) in [6, 6.07) is 11.1. The molecule has 0 aliphatic heterocycles. The first-order valence-corrected chi connectivity index (χ1v) is 10.7. The number of nitrogens with zero attached hydrogens (tertiary/aromatic N) is 1. The van der Waals surface area contributed by atoms with Crippen molar-refractivity contribution in [2.75, 3.05) is 14.1 Å². The van der Waals surface area contributed by atoms with Crippen LogP contribution < -0.4 is 0 Å². The molecule has 0 unspecified atom stereocenters. The summed E-state index contributed by atoms with van der Waals surface area (Å²) < 4.78 is 3.68. The van der Waals surface area contributed by atoms with E-state index in [4.69, 9.17) is 5.11 Å². The quantitative estimate of drug-likeness (QED) is 0.436. The van der Waals surface area contributed by atoms with Gasteiger partial charge < -0.3 is 10.0 Å². The predicted octanol–water partition coefficient (Wildman–Crippen LogP) is 5.44. The van der Waals surface area contributed by atoms with Crippen molar-refractivity contribution in [3.8, 4) is 0 Å². The number of carboxylic acid groups (broad SMARTS) is 1. The fourth-order valence-corrected chi connectivity index (χ4v) is 3.52. The van der Waals surface area contributed by atoms with Gasteiger partial charge in [-0.15, -0.1) is 0 Å². The van der Waals surface area contributed by atoms with Crippen LogP contribution in [0.5, 0.6) is 0 Å². The molecule has 4 nitrogen and oxygen atoms in total. The van der Waals surface area contributed by atoms with E-state index in [0.717, 1.165) is 21.6 Å². The number of rotatable bonds is 3. The number of hydrogen-bond acceptors (Lipinski definition) is 2. The monoisotopic (exact) mass is 693 g/mol. The molecule has 25 heavy (non-hydrogen) atoms. The molecule has 0 aliphatic carbocycles. The molecule has 0 saturated carbocycles. The summed E-state index contributed by atoms with van der Waals surface area (Å²) in [5.41, 5.74) is 1.40. The smallest absolute Gasteiger partial charge is 0.336 e. The molecule has 0 saturated heterocycles.